The minimum atomic E-state index is -1.41. The van der Waals surface area contributed by atoms with Crippen LogP contribution in [0.1, 0.15) is 57.3 Å². The molecule has 3 aliphatic rings. The molecule has 2 heterocycles. The summed E-state index contributed by atoms with van der Waals surface area (Å²) in [4.78, 5) is 28.2. The van der Waals surface area contributed by atoms with Gasteiger partial charge in [-0.1, -0.05) is 109 Å². The van der Waals surface area contributed by atoms with Crippen molar-refractivity contribution in [2.45, 2.75) is 46.2 Å². The van der Waals surface area contributed by atoms with Crippen molar-refractivity contribution in [3.05, 3.63) is 131 Å². The fourth-order valence-corrected chi connectivity index (χ4v) is 5.86. The smallest absolute Gasteiger partial charge is 0.326 e. The molecule has 9 nitrogen and oxygen atoms in total. The van der Waals surface area contributed by atoms with Gasteiger partial charge in [0, 0.05) is 11.1 Å². The molecule has 0 atom stereocenters. The summed E-state index contributed by atoms with van der Waals surface area (Å²) in [5, 5.41) is 0. The molecule has 0 unspecified atom stereocenters. The molecule has 1 aliphatic carbocycles. The fourth-order valence-electron chi connectivity index (χ4n) is 5.86. The zero-order valence-electron chi connectivity index (χ0n) is 29.2. The predicted octanol–water partition coefficient (Wildman–Crippen LogP) is 7.30. The summed E-state index contributed by atoms with van der Waals surface area (Å²) in [6.45, 7) is 5.97. The van der Waals surface area contributed by atoms with Crippen molar-refractivity contribution in [2.24, 2.45) is 10.8 Å². The molecule has 0 bridgehead atoms. The Morgan fingerprint density at radius 1 is 0.780 bits per heavy atom. The Balaban J connectivity index is 1.31. The van der Waals surface area contributed by atoms with Gasteiger partial charge in [-0.3, -0.25) is 9.59 Å². The highest BCUT2D eigenvalue weighted by Gasteiger charge is 2.51. The molecule has 0 spiro atoms. The van der Waals surface area contributed by atoms with E-state index in [9.17, 15) is 9.59 Å². The Morgan fingerprint density at radius 3 is 1.80 bits per heavy atom. The summed E-state index contributed by atoms with van der Waals surface area (Å²) in [6, 6.07) is 18.9. The van der Waals surface area contributed by atoms with Gasteiger partial charge >= 0.3 is 11.9 Å². The highest BCUT2D eigenvalue weighted by atomic mass is 16.7. The summed E-state index contributed by atoms with van der Waals surface area (Å²) in [5.74, 6) is -1.61. The first-order chi connectivity index (χ1) is 24.4. The summed E-state index contributed by atoms with van der Waals surface area (Å²) in [5.41, 5.74) is 1.85. The number of hydrogen-bond donors (Lipinski definition) is 0. The summed E-state index contributed by atoms with van der Waals surface area (Å²) < 4.78 is 42.2. The van der Waals surface area contributed by atoms with Crippen LogP contribution in [0.25, 0.3) is 0 Å². The Labute approximate surface area is 295 Å². The average Bonchev–Trinajstić information content (AvgIpc) is 3.16. The molecule has 2 saturated heterocycles. The lowest BCUT2D eigenvalue weighted by atomic mass is 9.88. The number of benzene rings is 2. The second-order valence-corrected chi connectivity index (χ2v) is 13.0. The van der Waals surface area contributed by atoms with Crippen LogP contribution < -0.4 is 0 Å². The number of esters is 2. The maximum Gasteiger partial charge on any atom is 0.326 e. The summed E-state index contributed by atoms with van der Waals surface area (Å²) >= 11 is 0. The van der Waals surface area contributed by atoms with Gasteiger partial charge in [0.15, 0.2) is 12.6 Å². The van der Waals surface area contributed by atoms with Crippen LogP contribution >= 0.6 is 0 Å². The lowest BCUT2D eigenvalue weighted by Crippen LogP contribution is -2.54. The maximum absolute atomic E-state index is 14.1. The van der Waals surface area contributed by atoms with Gasteiger partial charge in [-0.05, 0) is 44.8 Å². The van der Waals surface area contributed by atoms with Crippen LogP contribution in [0.5, 0.6) is 0 Å². The predicted molar refractivity (Wildman–Crippen MR) is 189 cm³/mol. The quantitative estimate of drug-likeness (QED) is 0.115. The molecule has 0 amide bonds. The molecular formula is C41H48O9. The van der Waals surface area contributed by atoms with Gasteiger partial charge in [0.2, 0.25) is 0 Å². The monoisotopic (exact) mass is 684 g/mol. The molecule has 266 valence electrons. The summed E-state index contributed by atoms with van der Waals surface area (Å²) in [7, 11) is 0. The van der Waals surface area contributed by atoms with Gasteiger partial charge in [-0.25, -0.2) is 0 Å². The topological polar surface area (TPSA) is 98.8 Å². The van der Waals surface area contributed by atoms with Crippen LogP contribution in [-0.4, -0.2) is 64.8 Å². The maximum atomic E-state index is 14.1. The van der Waals surface area contributed by atoms with Gasteiger partial charge in [0.25, 0.3) is 0 Å². The van der Waals surface area contributed by atoms with Crippen molar-refractivity contribution >= 4 is 11.9 Å². The average molecular weight is 685 g/mol. The fraction of sp³-hybridized carbons (Fsp3) is 0.415. The van der Waals surface area contributed by atoms with E-state index in [0.717, 1.165) is 40.7 Å². The molecule has 50 heavy (non-hydrogen) atoms. The molecule has 2 aliphatic heterocycles. The van der Waals surface area contributed by atoms with Crippen molar-refractivity contribution in [3.63, 3.8) is 0 Å². The number of carbonyl (C=O) groups is 2. The number of carbonyl (C=O) groups excluding carboxylic acids is 2. The Hall–Kier alpha value is -3.96. The first kappa shape index (κ1) is 37.3. The molecule has 5 rings (SSSR count). The van der Waals surface area contributed by atoms with E-state index in [4.69, 9.17) is 33.2 Å². The van der Waals surface area contributed by atoms with E-state index in [-0.39, 0.29) is 46.2 Å². The van der Waals surface area contributed by atoms with E-state index in [1.807, 2.05) is 112 Å². The largest absolute Gasteiger partial charge is 0.392 e. The SMILES string of the molecule is C\C=C/C(C)=C\C(=C/C)COCC1(C(=O)OC(=O)C2(COCC3=CCCC=C3)COC(c3ccccc3)OC2)COC(c2ccccc2)OC1. The number of hydrogen-bond acceptors (Lipinski definition) is 9. The van der Waals surface area contributed by atoms with E-state index >= 15 is 0 Å². The molecule has 0 N–H and O–H groups in total. The van der Waals surface area contributed by atoms with Gasteiger partial charge in [-0.2, -0.15) is 0 Å². The van der Waals surface area contributed by atoms with Gasteiger partial charge in [0.1, 0.15) is 10.8 Å². The number of ether oxygens (including phenoxy) is 7. The zero-order valence-corrected chi connectivity index (χ0v) is 29.2. The van der Waals surface area contributed by atoms with E-state index in [0.29, 0.717) is 6.61 Å². The Bertz CT molecular complexity index is 1560. The van der Waals surface area contributed by atoms with Gasteiger partial charge < -0.3 is 33.2 Å². The van der Waals surface area contributed by atoms with E-state index < -0.39 is 35.3 Å². The third kappa shape index (κ3) is 9.84. The molecule has 2 aromatic rings. The molecular weight excluding hydrogens is 636 g/mol. The van der Waals surface area contributed by atoms with E-state index in [2.05, 4.69) is 12.2 Å². The van der Waals surface area contributed by atoms with Gasteiger partial charge in [-0.15, -0.1) is 0 Å². The normalized spacial score (nSPS) is 26.1. The molecule has 2 aromatic carbocycles. The third-order valence-corrected chi connectivity index (χ3v) is 8.82. The second-order valence-electron chi connectivity index (χ2n) is 13.0. The van der Waals surface area contributed by atoms with Crippen molar-refractivity contribution in [1.82, 2.24) is 0 Å². The van der Waals surface area contributed by atoms with Crippen molar-refractivity contribution in [1.29, 1.82) is 0 Å². The van der Waals surface area contributed by atoms with Crippen LogP contribution in [0.15, 0.2) is 120 Å². The third-order valence-electron chi connectivity index (χ3n) is 8.82. The Morgan fingerprint density at radius 2 is 1.32 bits per heavy atom. The van der Waals surface area contributed by atoms with Crippen LogP contribution in [0.2, 0.25) is 0 Å². The summed E-state index contributed by atoms with van der Waals surface area (Å²) in [6.07, 6.45) is 14.7. The molecule has 0 radical (unpaired) electrons. The molecule has 0 aromatic heterocycles. The standard InChI is InChI=1S/C41H48O9/c1-4-15-31(3)22-32(5-2)23-44-25-40(27-46-36(47-28-40)34-18-11-7-12-19-34)38(42)50-39(43)41(26-45-24-33-16-9-6-10-17-33)29-48-37(49-30-41)35-20-13-8-14-21-35/h4-5,7-9,11-22,36-37H,6,10,23-30H2,1-3H3/b15-4-,31-22-,32-5+. The molecule has 2 fully saturated rings. The lowest BCUT2D eigenvalue weighted by molar-refractivity contribution is -0.256. The van der Waals surface area contributed by atoms with Crippen LogP contribution in [-0.2, 0) is 42.7 Å². The van der Waals surface area contributed by atoms with E-state index in [1.54, 1.807) is 0 Å². The molecule has 9 heteroatoms. The van der Waals surface area contributed by atoms with Gasteiger partial charge in [0.05, 0.1) is 52.9 Å². The lowest BCUT2D eigenvalue weighted by Gasteiger charge is -2.40. The minimum Gasteiger partial charge on any atom is -0.392 e. The van der Waals surface area contributed by atoms with Crippen LogP contribution in [0.4, 0.5) is 0 Å². The second kappa shape index (κ2) is 18.3. The highest BCUT2D eigenvalue weighted by Crippen LogP contribution is 2.37. The first-order valence-electron chi connectivity index (χ1n) is 17.2. The van der Waals surface area contributed by atoms with Crippen molar-refractivity contribution < 1.29 is 42.7 Å². The van der Waals surface area contributed by atoms with Crippen LogP contribution in [0.3, 0.4) is 0 Å². The highest BCUT2D eigenvalue weighted by molar-refractivity contribution is 5.92. The number of allylic oxidation sites excluding steroid dienone is 6. The van der Waals surface area contributed by atoms with Crippen molar-refractivity contribution in [3.8, 4) is 0 Å². The van der Waals surface area contributed by atoms with Crippen LogP contribution in [0, 0.1) is 10.8 Å². The Kier molecular flexibility index (Phi) is 13.7. The first-order valence-corrected chi connectivity index (χ1v) is 17.2. The zero-order chi connectivity index (χ0) is 35.2. The molecule has 0 saturated carbocycles. The van der Waals surface area contributed by atoms with E-state index in [1.165, 1.54) is 0 Å². The van der Waals surface area contributed by atoms with Crippen molar-refractivity contribution in [2.75, 3.05) is 52.9 Å². The number of rotatable bonds is 14. The minimum absolute atomic E-state index is 0.0668.